The van der Waals surface area contributed by atoms with Crippen molar-refractivity contribution >= 4 is 23.3 Å². The van der Waals surface area contributed by atoms with Crippen molar-refractivity contribution in [2.75, 3.05) is 38.1 Å². The fraction of sp³-hybridized carbons (Fsp3) is 0.600. The van der Waals surface area contributed by atoms with E-state index < -0.39 is 5.91 Å². The van der Waals surface area contributed by atoms with Gasteiger partial charge >= 0.3 is 0 Å². The number of rotatable bonds is 5. The molecule has 0 spiro atoms. The van der Waals surface area contributed by atoms with Crippen molar-refractivity contribution in [3.8, 4) is 0 Å². The normalized spacial score (nSPS) is 22.5. The highest BCUT2D eigenvalue weighted by atomic mass is 35.5. The molecule has 2 N–H and O–H groups in total. The molecule has 0 aromatic carbocycles. The van der Waals surface area contributed by atoms with Gasteiger partial charge in [-0.15, -0.1) is 0 Å². The SMILES string of the molecule is C[C@@H]1CN(CCN(C)c2ncc(C(N)=O)cc2Cl)C[C@H](C)O1. The molecule has 122 valence electrons. The average molecular weight is 327 g/mol. The Labute approximate surface area is 136 Å². The van der Waals surface area contributed by atoms with Crippen LogP contribution in [0.25, 0.3) is 0 Å². The second-order valence-corrected chi connectivity index (χ2v) is 6.24. The Morgan fingerprint density at radius 2 is 2.14 bits per heavy atom. The molecule has 2 heterocycles. The molecule has 1 aromatic rings. The van der Waals surface area contributed by atoms with Gasteiger partial charge in [0.2, 0.25) is 5.91 Å². The van der Waals surface area contributed by atoms with Crippen LogP contribution in [0, 0.1) is 0 Å². The van der Waals surface area contributed by atoms with E-state index in [-0.39, 0.29) is 12.2 Å². The molecule has 1 saturated heterocycles. The van der Waals surface area contributed by atoms with Gasteiger partial charge in [0.25, 0.3) is 0 Å². The number of carbonyl (C=O) groups excluding carboxylic acids is 1. The molecule has 6 nitrogen and oxygen atoms in total. The van der Waals surface area contributed by atoms with E-state index in [1.807, 2.05) is 11.9 Å². The monoisotopic (exact) mass is 326 g/mol. The number of nitrogens with two attached hydrogens (primary N) is 1. The molecule has 0 unspecified atom stereocenters. The van der Waals surface area contributed by atoms with Gasteiger partial charge in [0.05, 0.1) is 22.8 Å². The number of anilines is 1. The molecule has 2 rings (SSSR count). The minimum Gasteiger partial charge on any atom is -0.373 e. The minimum absolute atomic E-state index is 0.255. The van der Waals surface area contributed by atoms with Crippen LogP contribution >= 0.6 is 11.6 Å². The zero-order valence-electron chi connectivity index (χ0n) is 13.3. The number of hydrogen-bond donors (Lipinski definition) is 1. The number of primary amides is 1. The maximum absolute atomic E-state index is 11.1. The molecule has 1 aliphatic heterocycles. The largest absolute Gasteiger partial charge is 0.373 e. The predicted octanol–water partition coefficient (Wildman–Crippen LogP) is 1.38. The summed E-state index contributed by atoms with van der Waals surface area (Å²) in [5.74, 6) is 0.126. The number of hydrogen-bond acceptors (Lipinski definition) is 5. The maximum Gasteiger partial charge on any atom is 0.250 e. The third-order valence-electron chi connectivity index (χ3n) is 3.71. The summed E-state index contributed by atoms with van der Waals surface area (Å²) >= 11 is 6.19. The van der Waals surface area contributed by atoms with Crippen LogP contribution in [0.15, 0.2) is 12.3 Å². The highest BCUT2D eigenvalue weighted by Gasteiger charge is 2.22. The highest BCUT2D eigenvalue weighted by Crippen LogP contribution is 2.23. The van der Waals surface area contributed by atoms with Crippen LogP contribution in [0.2, 0.25) is 5.02 Å². The first-order valence-corrected chi connectivity index (χ1v) is 7.79. The van der Waals surface area contributed by atoms with Crippen LogP contribution in [0.5, 0.6) is 0 Å². The number of likely N-dealkylation sites (N-methyl/N-ethyl adjacent to an activating group) is 1. The lowest BCUT2D eigenvalue weighted by Crippen LogP contribution is -2.47. The fourth-order valence-electron chi connectivity index (χ4n) is 2.71. The molecule has 1 aromatic heterocycles. The summed E-state index contributed by atoms with van der Waals surface area (Å²) in [5, 5.41) is 0.433. The maximum atomic E-state index is 11.1. The van der Waals surface area contributed by atoms with Crippen LogP contribution in [-0.4, -0.2) is 61.2 Å². The van der Waals surface area contributed by atoms with Gasteiger partial charge in [-0.3, -0.25) is 9.69 Å². The van der Waals surface area contributed by atoms with Crippen molar-refractivity contribution in [1.82, 2.24) is 9.88 Å². The summed E-state index contributed by atoms with van der Waals surface area (Å²) in [5.41, 5.74) is 5.54. The van der Waals surface area contributed by atoms with E-state index in [2.05, 4.69) is 23.7 Å². The summed E-state index contributed by atoms with van der Waals surface area (Å²) in [6.45, 7) is 7.74. The first-order valence-electron chi connectivity index (χ1n) is 7.41. The van der Waals surface area contributed by atoms with Gasteiger partial charge in [0, 0.05) is 39.4 Å². The number of aromatic nitrogens is 1. The molecule has 22 heavy (non-hydrogen) atoms. The number of morpholine rings is 1. The number of amides is 1. The van der Waals surface area contributed by atoms with Crippen LogP contribution in [0.3, 0.4) is 0 Å². The van der Waals surface area contributed by atoms with Gasteiger partial charge in [0.15, 0.2) is 0 Å². The van der Waals surface area contributed by atoms with Gasteiger partial charge in [-0.2, -0.15) is 0 Å². The Morgan fingerprint density at radius 3 is 2.68 bits per heavy atom. The smallest absolute Gasteiger partial charge is 0.250 e. The van der Waals surface area contributed by atoms with Gasteiger partial charge in [-0.25, -0.2) is 4.98 Å². The molecule has 1 amide bonds. The standard InChI is InChI=1S/C15H23ClN4O2/c1-10-8-20(9-11(2)22-10)5-4-19(3)15-13(16)6-12(7-18-15)14(17)21/h6-7,10-11H,4-5,8-9H2,1-3H3,(H2,17,21)/t10-,11+. The third-order valence-corrected chi connectivity index (χ3v) is 3.99. The molecule has 7 heteroatoms. The van der Waals surface area contributed by atoms with Crippen molar-refractivity contribution in [1.29, 1.82) is 0 Å². The Kier molecular flexibility index (Phi) is 5.61. The van der Waals surface area contributed by atoms with E-state index >= 15 is 0 Å². The molecule has 0 aliphatic carbocycles. The minimum atomic E-state index is -0.528. The topological polar surface area (TPSA) is 71.7 Å². The van der Waals surface area contributed by atoms with E-state index in [1.54, 1.807) is 6.07 Å². The summed E-state index contributed by atoms with van der Waals surface area (Å²) in [6.07, 6.45) is 1.97. The number of halogens is 1. The quantitative estimate of drug-likeness (QED) is 0.885. The molecular weight excluding hydrogens is 304 g/mol. The van der Waals surface area contributed by atoms with Crippen LogP contribution in [0.1, 0.15) is 24.2 Å². The van der Waals surface area contributed by atoms with Crippen molar-refractivity contribution < 1.29 is 9.53 Å². The fourth-order valence-corrected chi connectivity index (χ4v) is 3.02. The van der Waals surface area contributed by atoms with Gasteiger partial charge in [-0.05, 0) is 19.9 Å². The molecular formula is C15H23ClN4O2. The number of carbonyl (C=O) groups is 1. The molecule has 1 aliphatic rings. The van der Waals surface area contributed by atoms with Gasteiger partial charge in [-0.1, -0.05) is 11.6 Å². The Hall–Kier alpha value is -1.37. The number of pyridine rings is 1. The molecule has 0 saturated carbocycles. The summed E-state index contributed by atoms with van der Waals surface area (Å²) in [4.78, 5) is 19.7. The van der Waals surface area contributed by atoms with Gasteiger partial charge in [0.1, 0.15) is 5.82 Å². The lowest BCUT2D eigenvalue weighted by molar-refractivity contribution is -0.0670. The molecule has 1 fully saturated rings. The lowest BCUT2D eigenvalue weighted by Gasteiger charge is -2.36. The van der Waals surface area contributed by atoms with E-state index in [0.29, 0.717) is 16.4 Å². The second kappa shape index (κ2) is 7.26. The zero-order valence-corrected chi connectivity index (χ0v) is 14.0. The third kappa shape index (κ3) is 4.32. The highest BCUT2D eigenvalue weighted by molar-refractivity contribution is 6.33. The first-order chi connectivity index (χ1) is 10.4. The average Bonchev–Trinajstić information content (AvgIpc) is 2.43. The van der Waals surface area contributed by atoms with E-state index in [0.717, 1.165) is 26.2 Å². The second-order valence-electron chi connectivity index (χ2n) is 5.83. The number of ether oxygens (including phenoxy) is 1. The van der Waals surface area contributed by atoms with E-state index in [9.17, 15) is 4.79 Å². The van der Waals surface area contributed by atoms with Crippen LogP contribution in [-0.2, 0) is 4.74 Å². The summed E-state index contributed by atoms with van der Waals surface area (Å²) < 4.78 is 5.73. The van der Waals surface area contributed by atoms with Crippen LogP contribution in [0.4, 0.5) is 5.82 Å². The summed E-state index contributed by atoms with van der Waals surface area (Å²) in [7, 11) is 1.94. The van der Waals surface area contributed by atoms with Crippen LogP contribution < -0.4 is 10.6 Å². The first kappa shape index (κ1) is 17.0. The van der Waals surface area contributed by atoms with Crippen molar-refractivity contribution in [3.63, 3.8) is 0 Å². The molecule has 2 atom stereocenters. The lowest BCUT2D eigenvalue weighted by atomic mass is 10.2. The zero-order chi connectivity index (χ0) is 16.3. The van der Waals surface area contributed by atoms with Crippen molar-refractivity contribution in [2.24, 2.45) is 5.73 Å². The van der Waals surface area contributed by atoms with Crippen molar-refractivity contribution in [2.45, 2.75) is 26.1 Å². The Bertz CT molecular complexity index is 530. The van der Waals surface area contributed by atoms with E-state index in [4.69, 9.17) is 22.1 Å². The Balaban J connectivity index is 1.94. The summed E-state index contributed by atoms with van der Waals surface area (Å²) in [6, 6.07) is 1.56. The van der Waals surface area contributed by atoms with E-state index in [1.165, 1.54) is 6.20 Å². The molecule has 0 radical (unpaired) electrons. The Morgan fingerprint density at radius 1 is 1.50 bits per heavy atom. The molecule has 0 bridgehead atoms. The number of nitrogens with zero attached hydrogens (tertiary/aromatic N) is 3. The van der Waals surface area contributed by atoms with Gasteiger partial charge < -0.3 is 15.4 Å². The predicted molar refractivity (Wildman–Crippen MR) is 87.5 cm³/mol. The van der Waals surface area contributed by atoms with Crippen molar-refractivity contribution in [3.05, 3.63) is 22.8 Å².